The van der Waals surface area contributed by atoms with Gasteiger partial charge < -0.3 is 14.4 Å². The van der Waals surface area contributed by atoms with Gasteiger partial charge in [-0.05, 0) is 50.7 Å². The molecule has 0 radical (unpaired) electrons. The lowest BCUT2D eigenvalue weighted by molar-refractivity contribution is -0.161. The van der Waals surface area contributed by atoms with Crippen LogP contribution in [0.15, 0.2) is 21.6 Å². The van der Waals surface area contributed by atoms with Gasteiger partial charge in [-0.3, -0.25) is 4.79 Å². The average Bonchev–Trinajstić information content (AvgIpc) is 3.03. The summed E-state index contributed by atoms with van der Waals surface area (Å²) in [4.78, 5) is 25.6. The lowest BCUT2D eigenvalue weighted by Crippen LogP contribution is -2.67. The normalized spacial score (nSPS) is 23.5. The van der Waals surface area contributed by atoms with E-state index in [9.17, 15) is 18.0 Å². The van der Waals surface area contributed by atoms with Gasteiger partial charge in [0, 0.05) is 31.1 Å². The maximum absolute atomic E-state index is 12.8. The minimum Gasteiger partial charge on any atom is -0.475 e. The Labute approximate surface area is 151 Å². The van der Waals surface area contributed by atoms with E-state index in [1.165, 1.54) is 10.7 Å². The second kappa shape index (κ2) is 6.09. The second-order valence-corrected chi connectivity index (χ2v) is 9.29. The Bertz CT molecular complexity index is 828. The van der Waals surface area contributed by atoms with Gasteiger partial charge in [0.15, 0.2) is 0 Å². The van der Waals surface area contributed by atoms with Crippen molar-refractivity contribution in [1.29, 1.82) is 0 Å². The summed E-state index contributed by atoms with van der Waals surface area (Å²) in [5.74, 6) is -1.68. The first-order valence-electron chi connectivity index (χ1n) is 8.98. The van der Waals surface area contributed by atoms with Crippen LogP contribution in [0.4, 0.5) is 0 Å². The second-order valence-electron chi connectivity index (χ2n) is 7.42. The fourth-order valence-electron chi connectivity index (χ4n) is 4.25. The lowest BCUT2D eigenvalue weighted by Gasteiger charge is -2.59. The molecular formula is C17H22N2O6S. The van der Waals surface area contributed by atoms with Gasteiger partial charge in [0.1, 0.15) is 0 Å². The van der Waals surface area contributed by atoms with Crippen molar-refractivity contribution in [3.8, 4) is 0 Å². The molecule has 2 aliphatic heterocycles. The number of carboxylic acid groups (broad SMARTS) is 1. The molecule has 1 saturated carbocycles. The van der Waals surface area contributed by atoms with Crippen LogP contribution in [-0.4, -0.2) is 59.8 Å². The number of rotatable bonds is 4. The Balaban J connectivity index is 1.39. The first-order valence-corrected chi connectivity index (χ1v) is 10.4. The third-order valence-electron chi connectivity index (χ3n) is 6.11. The molecule has 142 valence electrons. The Morgan fingerprint density at radius 3 is 2.27 bits per heavy atom. The molecule has 1 N–H and O–H groups in total. The van der Waals surface area contributed by atoms with Crippen LogP contribution in [0.5, 0.6) is 0 Å². The van der Waals surface area contributed by atoms with Crippen LogP contribution in [0.1, 0.15) is 49.1 Å². The van der Waals surface area contributed by atoms with Gasteiger partial charge in [0.2, 0.25) is 16.8 Å². The van der Waals surface area contributed by atoms with Crippen LogP contribution >= 0.6 is 0 Å². The lowest BCUT2D eigenvalue weighted by atomic mass is 9.67. The molecule has 0 unspecified atom stereocenters. The number of carbonyl (C=O) groups is 2. The number of carbonyl (C=O) groups excluding carboxylic acids is 1. The summed E-state index contributed by atoms with van der Waals surface area (Å²) in [5, 5.41) is 8.51. The number of hydrogen-bond donors (Lipinski definition) is 1. The van der Waals surface area contributed by atoms with Crippen molar-refractivity contribution >= 4 is 21.9 Å². The molecule has 0 atom stereocenters. The van der Waals surface area contributed by atoms with E-state index in [4.69, 9.17) is 9.52 Å². The predicted molar refractivity (Wildman–Crippen MR) is 90.1 cm³/mol. The predicted octanol–water partition coefficient (Wildman–Crippen LogP) is 1.53. The molecule has 1 aliphatic carbocycles. The monoisotopic (exact) mass is 382 g/mol. The van der Waals surface area contributed by atoms with Gasteiger partial charge in [0.25, 0.3) is 10.0 Å². The molecule has 9 heteroatoms. The Kier molecular flexibility index (Phi) is 4.11. The molecule has 3 fully saturated rings. The van der Waals surface area contributed by atoms with Gasteiger partial charge in [-0.25, -0.2) is 13.2 Å². The number of furan rings is 1. The third-order valence-corrected chi connectivity index (χ3v) is 7.89. The van der Waals surface area contributed by atoms with E-state index in [2.05, 4.69) is 0 Å². The van der Waals surface area contributed by atoms with Gasteiger partial charge in [0.05, 0.1) is 0 Å². The fourth-order valence-corrected chi connectivity index (χ4v) is 5.63. The number of hydrogen-bond acceptors (Lipinski definition) is 5. The van der Waals surface area contributed by atoms with Crippen LogP contribution in [0.25, 0.3) is 0 Å². The fraction of sp³-hybridized carbons (Fsp3) is 0.647. The average molecular weight is 382 g/mol. The maximum Gasteiger partial charge on any atom is 0.371 e. The number of amides is 1. The SMILES string of the molecule is O=C(O)c1ccc(S(=O)(=O)N2CCC(C(=O)N3CCC34CCC4)CC2)o1. The largest absolute Gasteiger partial charge is 0.475 e. The van der Waals surface area contributed by atoms with Crippen LogP contribution in [-0.2, 0) is 14.8 Å². The molecule has 4 rings (SSSR count). The van der Waals surface area contributed by atoms with Crippen molar-refractivity contribution < 1.29 is 27.5 Å². The van der Waals surface area contributed by atoms with Crippen molar-refractivity contribution in [2.45, 2.75) is 49.2 Å². The summed E-state index contributed by atoms with van der Waals surface area (Å²) in [6.45, 7) is 1.30. The number of nitrogens with zero attached hydrogens (tertiary/aromatic N) is 2. The van der Waals surface area contributed by atoms with E-state index in [-0.39, 0.29) is 35.5 Å². The highest BCUT2D eigenvalue weighted by molar-refractivity contribution is 7.89. The van der Waals surface area contributed by atoms with Gasteiger partial charge in [-0.2, -0.15) is 4.31 Å². The van der Waals surface area contributed by atoms with Crippen molar-refractivity contribution in [3.05, 3.63) is 17.9 Å². The van der Waals surface area contributed by atoms with Crippen molar-refractivity contribution in [3.63, 3.8) is 0 Å². The first-order chi connectivity index (χ1) is 12.3. The zero-order valence-corrected chi connectivity index (χ0v) is 15.2. The molecule has 8 nitrogen and oxygen atoms in total. The number of sulfonamides is 1. The highest BCUT2D eigenvalue weighted by Crippen LogP contribution is 2.48. The van der Waals surface area contributed by atoms with Gasteiger partial charge >= 0.3 is 5.97 Å². The summed E-state index contributed by atoms with van der Waals surface area (Å²) < 4.78 is 31.4. The van der Waals surface area contributed by atoms with E-state index in [0.29, 0.717) is 12.8 Å². The van der Waals surface area contributed by atoms with Gasteiger partial charge in [-0.1, -0.05) is 0 Å². The molecule has 1 spiro atoms. The van der Waals surface area contributed by atoms with Gasteiger partial charge in [-0.15, -0.1) is 0 Å². The topological polar surface area (TPSA) is 108 Å². The Morgan fingerprint density at radius 1 is 1.12 bits per heavy atom. The molecule has 1 aromatic rings. The Morgan fingerprint density at radius 2 is 1.81 bits per heavy atom. The van der Waals surface area contributed by atoms with Crippen LogP contribution in [0.2, 0.25) is 0 Å². The Hall–Kier alpha value is -1.87. The van der Waals surface area contributed by atoms with E-state index in [1.807, 2.05) is 4.90 Å². The quantitative estimate of drug-likeness (QED) is 0.846. The molecule has 2 saturated heterocycles. The minimum absolute atomic E-state index is 0.113. The molecule has 26 heavy (non-hydrogen) atoms. The van der Waals surface area contributed by atoms with Crippen LogP contribution in [0.3, 0.4) is 0 Å². The number of piperidine rings is 1. The molecule has 3 aliphatic rings. The smallest absolute Gasteiger partial charge is 0.371 e. The van der Waals surface area contributed by atoms with E-state index >= 15 is 0 Å². The number of likely N-dealkylation sites (tertiary alicyclic amines) is 1. The molecule has 1 amide bonds. The maximum atomic E-state index is 12.8. The summed E-state index contributed by atoms with van der Waals surface area (Å²) >= 11 is 0. The van der Waals surface area contributed by atoms with Crippen molar-refractivity contribution in [2.75, 3.05) is 19.6 Å². The number of aromatic carboxylic acids is 1. The number of carboxylic acids is 1. The van der Waals surface area contributed by atoms with E-state index < -0.39 is 21.8 Å². The first kappa shape index (κ1) is 17.5. The molecule has 0 aromatic carbocycles. The van der Waals surface area contributed by atoms with Crippen molar-refractivity contribution in [1.82, 2.24) is 9.21 Å². The van der Waals surface area contributed by atoms with Crippen LogP contribution in [0, 0.1) is 5.92 Å². The highest BCUT2D eigenvalue weighted by atomic mass is 32.2. The molecule has 1 aromatic heterocycles. The summed E-state index contributed by atoms with van der Waals surface area (Å²) in [5.41, 5.74) is 0.113. The van der Waals surface area contributed by atoms with Crippen LogP contribution < -0.4 is 0 Å². The summed E-state index contributed by atoms with van der Waals surface area (Å²) in [6.07, 6.45) is 5.43. The third kappa shape index (κ3) is 2.64. The summed E-state index contributed by atoms with van der Waals surface area (Å²) in [7, 11) is -3.87. The zero-order valence-electron chi connectivity index (χ0n) is 14.4. The molecule has 0 bridgehead atoms. The minimum atomic E-state index is -3.87. The van der Waals surface area contributed by atoms with E-state index in [0.717, 1.165) is 37.9 Å². The highest BCUT2D eigenvalue weighted by Gasteiger charge is 2.52. The molecular weight excluding hydrogens is 360 g/mol. The van der Waals surface area contributed by atoms with E-state index in [1.54, 1.807) is 0 Å². The summed E-state index contributed by atoms with van der Waals surface area (Å²) in [6, 6.07) is 2.30. The standard InChI is InChI=1S/C17H22N2O6S/c20-15(19-11-8-17(19)6-1-7-17)12-4-9-18(10-5-12)26(23,24)14-3-2-13(25-14)16(21)22/h2-3,12H,1,4-11H2,(H,21,22). The molecule has 3 heterocycles. The van der Waals surface area contributed by atoms with Crippen molar-refractivity contribution in [2.24, 2.45) is 5.92 Å². The zero-order chi connectivity index (χ0) is 18.5.